The summed E-state index contributed by atoms with van der Waals surface area (Å²) in [6.45, 7) is 1.03. The number of carbonyl (C=O) groups is 1. The highest BCUT2D eigenvalue weighted by Crippen LogP contribution is 2.38. The second-order valence-corrected chi connectivity index (χ2v) is 8.80. The van der Waals surface area contributed by atoms with Crippen LogP contribution in [-0.4, -0.2) is 32.9 Å². The number of halogens is 1. The molecule has 1 unspecified atom stereocenters. The highest BCUT2D eigenvalue weighted by molar-refractivity contribution is 5.98. The molecule has 0 radical (unpaired) electrons. The summed E-state index contributed by atoms with van der Waals surface area (Å²) in [5, 5.41) is 14.9. The van der Waals surface area contributed by atoms with Gasteiger partial charge in [0.25, 0.3) is 0 Å². The summed E-state index contributed by atoms with van der Waals surface area (Å²) < 4.78 is 7.09. The van der Waals surface area contributed by atoms with Crippen molar-refractivity contribution in [3.05, 3.63) is 102 Å². The molecule has 1 aliphatic rings. The molecule has 2 aromatic heterocycles. The molecule has 0 bridgehead atoms. The molecule has 0 fully saturated rings. The standard InChI is InChI=1S/C28H28N4O3.ClH/c1-35-27-14-13-22(16-29-27)32(19-21-15-30-31(18-21)17-20-7-3-2-4-8-20)28(34)25-11-5-10-24-23(25)9-6-12-26(24)33;/h2-4,6-9,12-16,18,25,33H,5,10-11,17,19H2,1H3;1H. The Labute approximate surface area is 216 Å². The molecule has 4 aromatic rings. The molecular formula is C28H29ClN4O3. The van der Waals surface area contributed by atoms with Crippen molar-refractivity contribution in [2.75, 3.05) is 12.0 Å². The second-order valence-electron chi connectivity index (χ2n) is 8.80. The van der Waals surface area contributed by atoms with Gasteiger partial charge in [-0.2, -0.15) is 5.10 Å². The van der Waals surface area contributed by atoms with Gasteiger partial charge in [0.15, 0.2) is 0 Å². The lowest BCUT2D eigenvalue weighted by molar-refractivity contribution is -0.120. The van der Waals surface area contributed by atoms with E-state index in [1.165, 1.54) is 0 Å². The zero-order valence-electron chi connectivity index (χ0n) is 20.1. The molecule has 1 amide bonds. The first-order valence-electron chi connectivity index (χ1n) is 11.8. The van der Waals surface area contributed by atoms with Crippen molar-refractivity contribution in [3.8, 4) is 11.6 Å². The van der Waals surface area contributed by atoms with Crippen LogP contribution >= 0.6 is 12.4 Å². The van der Waals surface area contributed by atoms with E-state index in [-0.39, 0.29) is 30.0 Å². The van der Waals surface area contributed by atoms with Crippen LogP contribution in [0.25, 0.3) is 0 Å². The summed E-state index contributed by atoms with van der Waals surface area (Å²) in [6.07, 6.45) is 7.82. The average Bonchev–Trinajstić information content (AvgIpc) is 3.34. The van der Waals surface area contributed by atoms with Crippen LogP contribution in [0.15, 0.2) is 79.3 Å². The number of pyridine rings is 1. The topological polar surface area (TPSA) is 80.5 Å². The van der Waals surface area contributed by atoms with E-state index in [9.17, 15) is 9.90 Å². The normalized spacial score (nSPS) is 14.4. The van der Waals surface area contributed by atoms with Crippen LogP contribution in [0.4, 0.5) is 5.69 Å². The van der Waals surface area contributed by atoms with E-state index in [0.29, 0.717) is 24.7 Å². The van der Waals surface area contributed by atoms with Gasteiger partial charge < -0.3 is 14.7 Å². The first kappa shape index (κ1) is 25.3. The molecule has 1 N–H and O–H groups in total. The van der Waals surface area contributed by atoms with Crippen LogP contribution in [0.3, 0.4) is 0 Å². The number of anilines is 1. The third-order valence-electron chi connectivity index (χ3n) is 6.50. The zero-order valence-corrected chi connectivity index (χ0v) is 20.9. The Morgan fingerprint density at radius 2 is 1.92 bits per heavy atom. The number of phenolic OH excluding ortho intramolecular Hbond substituents is 1. The number of benzene rings is 2. The van der Waals surface area contributed by atoms with Crippen molar-refractivity contribution in [1.29, 1.82) is 0 Å². The summed E-state index contributed by atoms with van der Waals surface area (Å²) in [5.41, 5.74) is 4.57. The molecule has 5 rings (SSSR count). The Bertz CT molecular complexity index is 1310. The summed E-state index contributed by atoms with van der Waals surface area (Å²) >= 11 is 0. The van der Waals surface area contributed by atoms with Gasteiger partial charge in [-0.25, -0.2) is 4.98 Å². The van der Waals surface area contributed by atoms with Gasteiger partial charge in [-0.15, -0.1) is 12.4 Å². The Morgan fingerprint density at radius 1 is 1.08 bits per heavy atom. The predicted molar refractivity (Wildman–Crippen MR) is 141 cm³/mol. The lowest BCUT2D eigenvalue weighted by atomic mass is 9.81. The number of carbonyl (C=O) groups excluding carboxylic acids is 1. The third kappa shape index (κ3) is 5.36. The molecule has 0 aliphatic heterocycles. The van der Waals surface area contributed by atoms with E-state index >= 15 is 0 Å². The van der Waals surface area contributed by atoms with Gasteiger partial charge in [-0.3, -0.25) is 9.48 Å². The van der Waals surface area contributed by atoms with Crippen molar-refractivity contribution in [2.24, 2.45) is 0 Å². The van der Waals surface area contributed by atoms with Gasteiger partial charge in [0.05, 0.1) is 44.2 Å². The van der Waals surface area contributed by atoms with Crippen LogP contribution in [0.1, 0.15) is 41.0 Å². The number of fused-ring (bicyclic) bond motifs is 1. The Morgan fingerprint density at radius 3 is 2.67 bits per heavy atom. The maximum absolute atomic E-state index is 14.0. The number of aromatic hydroxyl groups is 1. The van der Waals surface area contributed by atoms with E-state index in [0.717, 1.165) is 41.5 Å². The summed E-state index contributed by atoms with van der Waals surface area (Å²) in [4.78, 5) is 20.1. The van der Waals surface area contributed by atoms with Crippen LogP contribution in [0, 0.1) is 0 Å². The second kappa shape index (κ2) is 11.3. The number of phenols is 1. The first-order valence-corrected chi connectivity index (χ1v) is 11.8. The predicted octanol–water partition coefficient (Wildman–Crippen LogP) is 5.12. The van der Waals surface area contributed by atoms with E-state index < -0.39 is 0 Å². The molecule has 36 heavy (non-hydrogen) atoms. The molecule has 0 saturated carbocycles. The van der Waals surface area contributed by atoms with Crippen molar-refractivity contribution < 1.29 is 14.6 Å². The molecule has 2 heterocycles. The Hall–Kier alpha value is -3.84. The number of aromatic nitrogens is 3. The number of methoxy groups -OCH3 is 1. The molecule has 2 aromatic carbocycles. The van der Waals surface area contributed by atoms with Crippen LogP contribution in [-0.2, 0) is 24.3 Å². The fourth-order valence-corrected chi connectivity index (χ4v) is 4.75. The van der Waals surface area contributed by atoms with E-state index in [1.54, 1.807) is 36.5 Å². The molecule has 1 atom stereocenters. The minimum absolute atomic E-state index is 0. The maximum Gasteiger partial charge on any atom is 0.234 e. The third-order valence-corrected chi connectivity index (χ3v) is 6.50. The highest BCUT2D eigenvalue weighted by Gasteiger charge is 2.32. The fraction of sp³-hybridized carbons (Fsp3) is 0.250. The highest BCUT2D eigenvalue weighted by atomic mass is 35.5. The van der Waals surface area contributed by atoms with Crippen LogP contribution < -0.4 is 9.64 Å². The molecular weight excluding hydrogens is 476 g/mol. The SMILES string of the molecule is COc1ccc(N(Cc2cnn(Cc3ccccc3)c2)C(=O)C2CCCc3c(O)cccc32)cn1.Cl. The molecule has 186 valence electrons. The maximum atomic E-state index is 14.0. The number of amides is 1. The molecule has 1 aliphatic carbocycles. The molecule has 8 heteroatoms. The minimum Gasteiger partial charge on any atom is -0.508 e. The van der Waals surface area contributed by atoms with Crippen molar-refractivity contribution in [1.82, 2.24) is 14.8 Å². The lowest BCUT2D eigenvalue weighted by Gasteiger charge is -2.31. The van der Waals surface area contributed by atoms with Gasteiger partial charge in [-0.05, 0) is 48.1 Å². The van der Waals surface area contributed by atoms with Gasteiger partial charge in [0, 0.05) is 17.8 Å². The van der Waals surface area contributed by atoms with Gasteiger partial charge in [0.2, 0.25) is 11.8 Å². The van der Waals surface area contributed by atoms with Crippen LogP contribution in [0.5, 0.6) is 11.6 Å². The Balaban J connectivity index is 0.00000304. The summed E-state index contributed by atoms with van der Waals surface area (Å²) in [5.74, 6) is 0.413. The van der Waals surface area contributed by atoms with Gasteiger partial charge >= 0.3 is 0 Å². The molecule has 7 nitrogen and oxygen atoms in total. The van der Waals surface area contributed by atoms with E-state index in [4.69, 9.17) is 4.74 Å². The van der Waals surface area contributed by atoms with Crippen molar-refractivity contribution >= 4 is 24.0 Å². The molecule has 0 spiro atoms. The smallest absolute Gasteiger partial charge is 0.234 e. The number of nitrogens with zero attached hydrogens (tertiary/aromatic N) is 4. The lowest BCUT2D eigenvalue weighted by Crippen LogP contribution is -2.36. The van der Waals surface area contributed by atoms with E-state index in [1.807, 2.05) is 47.3 Å². The fourth-order valence-electron chi connectivity index (χ4n) is 4.75. The zero-order chi connectivity index (χ0) is 24.2. The summed E-state index contributed by atoms with van der Waals surface area (Å²) in [7, 11) is 1.57. The quantitative estimate of drug-likeness (QED) is 0.378. The van der Waals surface area contributed by atoms with Crippen molar-refractivity contribution in [2.45, 2.75) is 38.3 Å². The monoisotopic (exact) mass is 504 g/mol. The molecule has 0 saturated heterocycles. The van der Waals surface area contributed by atoms with Crippen LogP contribution in [0.2, 0.25) is 0 Å². The largest absolute Gasteiger partial charge is 0.508 e. The van der Waals surface area contributed by atoms with E-state index in [2.05, 4.69) is 22.2 Å². The van der Waals surface area contributed by atoms with Gasteiger partial charge in [0.1, 0.15) is 5.75 Å². The Kier molecular flexibility index (Phi) is 7.90. The first-order chi connectivity index (χ1) is 17.1. The number of hydrogen-bond acceptors (Lipinski definition) is 5. The minimum atomic E-state index is -0.327. The average molecular weight is 505 g/mol. The summed E-state index contributed by atoms with van der Waals surface area (Å²) in [6, 6.07) is 19.2. The van der Waals surface area contributed by atoms with Gasteiger partial charge in [-0.1, -0.05) is 42.5 Å². The number of rotatable bonds is 7. The number of hydrogen-bond donors (Lipinski definition) is 1. The van der Waals surface area contributed by atoms with Crippen molar-refractivity contribution in [3.63, 3.8) is 0 Å². The number of ether oxygens (including phenoxy) is 1.